The molecule has 0 aromatic rings. The maximum atomic E-state index is 6.13. The van der Waals surface area contributed by atoms with Crippen molar-refractivity contribution in [2.24, 2.45) is 5.92 Å². The molecule has 0 nitrogen and oxygen atoms in total. The molecule has 0 bridgehead atoms. The number of hydrogen-bond acceptors (Lipinski definition) is 0. The average Bonchev–Trinajstić information content (AvgIpc) is 1.99. The molecule has 3 heteroatoms. The van der Waals surface area contributed by atoms with Crippen LogP contribution in [-0.4, -0.2) is 10.3 Å². The Hall–Kier alpha value is 0.610. The van der Waals surface area contributed by atoms with E-state index in [-0.39, 0.29) is 5.38 Å². The molecule has 0 heterocycles. The van der Waals surface area contributed by atoms with Crippen molar-refractivity contribution in [3.63, 3.8) is 0 Å². The number of rotatable bonds is 5. The molecule has 2 atom stereocenters. The van der Waals surface area contributed by atoms with Crippen molar-refractivity contribution in [1.82, 2.24) is 0 Å². The van der Waals surface area contributed by atoms with E-state index >= 15 is 0 Å². The van der Waals surface area contributed by atoms with E-state index in [1.165, 1.54) is 0 Å². The first kappa shape index (κ1) is 13.6. The van der Waals surface area contributed by atoms with Gasteiger partial charge in [0.2, 0.25) is 0 Å². The van der Waals surface area contributed by atoms with Crippen LogP contribution in [0, 0.1) is 5.92 Å². The second-order valence-corrected chi connectivity index (χ2v) is 5.75. The second-order valence-electron chi connectivity index (χ2n) is 3.90. The lowest BCUT2D eigenvalue weighted by Gasteiger charge is -2.23. The fraction of sp³-hybridized carbons (Fsp3) is 0.800. The van der Waals surface area contributed by atoms with Gasteiger partial charge in [0.05, 0.1) is 4.87 Å². The van der Waals surface area contributed by atoms with Crippen molar-refractivity contribution in [3.05, 3.63) is 11.6 Å². The van der Waals surface area contributed by atoms with E-state index in [1.54, 1.807) is 0 Å². The lowest BCUT2D eigenvalue weighted by molar-refractivity contribution is 0.519. The smallest absolute Gasteiger partial charge is 0.0767 e. The topological polar surface area (TPSA) is 0 Å². The van der Waals surface area contributed by atoms with Crippen LogP contribution in [0.4, 0.5) is 0 Å². The molecule has 0 spiro atoms. The monoisotopic (exact) mass is 242 g/mol. The molecule has 0 aromatic heterocycles. The number of allylic oxidation sites excluding steroid dienone is 1. The third-order valence-electron chi connectivity index (χ3n) is 2.18. The Kier molecular flexibility index (Phi) is 5.74. The highest BCUT2D eigenvalue weighted by atomic mass is 35.5. The minimum atomic E-state index is -0.524. The van der Waals surface area contributed by atoms with Gasteiger partial charge in [-0.25, -0.2) is 0 Å². The standard InChI is InChI=1S/C10H17Cl3/c1-7(2)9(12)5-6-10(4,13)8(3)11/h7,9H,3,5-6H2,1-2,4H3/t9-,10+/m0/s1. The highest BCUT2D eigenvalue weighted by molar-refractivity contribution is 6.39. The molecular formula is C10H17Cl3. The molecule has 0 unspecified atom stereocenters. The molecule has 0 aromatic carbocycles. The van der Waals surface area contributed by atoms with Crippen LogP contribution in [0.3, 0.4) is 0 Å². The van der Waals surface area contributed by atoms with Gasteiger partial charge in [0.25, 0.3) is 0 Å². The number of alkyl halides is 2. The van der Waals surface area contributed by atoms with E-state index in [1.807, 2.05) is 6.92 Å². The van der Waals surface area contributed by atoms with Crippen molar-refractivity contribution < 1.29 is 0 Å². The molecule has 0 aliphatic heterocycles. The van der Waals surface area contributed by atoms with Gasteiger partial charge in [-0.3, -0.25) is 0 Å². The van der Waals surface area contributed by atoms with Crippen LogP contribution in [-0.2, 0) is 0 Å². The molecule has 78 valence electrons. The molecule has 0 saturated carbocycles. The van der Waals surface area contributed by atoms with Crippen molar-refractivity contribution in [2.75, 3.05) is 0 Å². The third-order valence-corrected chi connectivity index (χ3v) is 3.83. The molecule has 0 saturated heterocycles. The Balaban J connectivity index is 3.95. The van der Waals surface area contributed by atoms with E-state index in [0.29, 0.717) is 11.0 Å². The van der Waals surface area contributed by atoms with Crippen LogP contribution in [0.1, 0.15) is 33.6 Å². The zero-order valence-corrected chi connectivity index (χ0v) is 10.7. The highest BCUT2D eigenvalue weighted by Crippen LogP contribution is 2.33. The summed E-state index contributed by atoms with van der Waals surface area (Å²) in [6.07, 6.45) is 1.63. The summed E-state index contributed by atoms with van der Waals surface area (Å²) in [4.78, 5) is -0.524. The average molecular weight is 244 g/mol. The van der Waals surface area contributed by atoms with Gasteiger partial charge in [-0.05, 0) is 25.7 Å². The summed E-state index contributed by atoms with van der Waals surface area (Å²) in [5.74, 6) is 0.470. The number of hydrogen-bond donors (Lipinski definition) is 0. The molecule has 0 N–H and O–H groups in total. The summed E-state index contributed by atoms with van der Waals surface area (Å²) in [6, 6.07) is 0. The molecular weight excluding hydrogens is 226 g/mol. The first-order chi connectivity index (χ1) is 5.77. The molecule has 0 aliphatic carbocycles. The van der Waals surface area contributed by atoms with Crippen molar-refractivity contribution >= 4 is 34.8 Å². The van der Waals surface area contributed by atoms with Gasteiger partial charge in [0, 0.05) is 10.4 Å². The minimum absolute atomic E-state index is 0.161. The normalized spacial score (nSPS) is 18.4. The summed E-state index contributed by atoms with van der Waals surface area (Å²) in [7, 11) is 0. The van der Waals surface area contributed by atoms with E-state index in [2.05, 4.69) is 20.4 Å². The maximum Gasteiger partial charge on any atom is 0.0767 e. The zero-order chi connectivity index (χ0) is 10.6. The Morgan fingerprint density at radius 2 is 1.92 bits per heavy atom. The molecule has 0 fully saturated rings. The van der Waals surface area contributed by atoms with Crippen LogP contribution in [0.5, 0.6) is 0 Å². The van der Waals surface area contributed by atoms with Gasteiger partial charge < -0.3 is 0 Å². The first-order valence-corrected chi connectivity index (χ1v) is 5.64. The molecule has 0 radical (unpaired) electrons. The fourth-order valence-corrected chi connectivity index (χ4v) is 1.19. The lowest BCUT2D eigenvalue weighted by atomic mass is 9.98. The molecule has 0 aliphatic rings. The SMILES string of the molecule is C=C(Cl)[C@](C)(Cl)CC[C@H](Cl)C(C)C. The molecule has 0 amide bonds. The van der Waals surface area contributed by atoms with Gasteiger partial charge in [-0.1, -0.05) is 32.0 Å². The zero-order valence-electron chi connectivity index (χ0n) is 8.41. The lowest BCUT2D eigenvalue weighted by Crippen LogP contribution is -2.19. The Morgan fingerprint density at radius 1 is 1.46 bits per heavy atom. The Labute approximate surface area is 96.2 Å². The minimum Gasteiger partial charge on any atom is -0.123 e. The molecule has 13 heavy (non-hydrogen) atoms. The van der Waals surface area contributed by atoms with Crippen LogP contribution in [0.2, 0.25) is 0 Å². The van der Waals surface area contributed by atoms with Crippen LogP contribution in [0.15, 0.2) is 11.6 Å². The van der Waals surface area contributed by atoms with E-state index in [9.17, 15) is 0 Å². The van der Waals surface area contributed by atoms with Crippen molar-refractivity contribution in [2.45, 2.75) is 43.9 Å². The van der Waals surface area contributed by atoms with Crippen molar-refractivity contribution in [1.29, 1.82) is 0 Å². The predicted molar refractivity (Wildman–Crippen MR) is 63.0 cm³/mol. The number of halogens is 3. The maximum absolute atomic E-state index is 6.13. The summed E-state index contributed by atoms with van der Waals surface area (Å²) in [5, 5.41) is 0.649. The van der Waals surface area contributed by atoms with Crippen LogP contribution in [0.25, 0.3) is 0 Å². The van der Waals surface area contributed by atoms with Gasteiger partial charge in [-0.2, -0.15) is 0 Å². The van der Waals surface area contributed by atoms with Crippen LogP contribution >= 0.6 is 34.8 Å². The summed E-state index contributed by atoms with van der Waals surface area (Å²) >= 11 is 18.0. The van der Waals surface area contributed by atoms with Crippen LogP contribution < -0.4 is 0 Å². The fourth-order valence-electron chi connectivity index (χ4n) is 0.878. The van der Waals surface area contributed by atoms with Gasteiger partial charge in [-0.15, -0.1) is 23.2 Å². The van der Waals surface area contributed by atoms with E-state index < -0.39 is 4.87 Å². The quantitative estimate of drug-likeness (QED) is 0.610. The van der Waals surface area contributed by atoms with E-state index in [0.717, 1.165) is 12.8 Å². The third kappa shape index (κ3) is 5.15. The van der Waals surface area contributed by atoms with E-state index in [4.69, 9.17) is 34.8 Å². The highest BCUT2D eigenvalue weighted by Gasteiger charge is 2.25. The van der Waals surface area contributed by atoms with Gasteiger partial charge >= 0.3 is 0 Å². The summed E-state index contributed by atoms with van der Waals surface area (Å²) < 4.78 is 0. The summed E-state index contributed by atoms with van der Waals surface area (Å²) in [5.41, 5.74) is 0. The first-order valence-electron chi connectivity index (χ1n) is 4.45. The molecule has 0 rings (SSSR count). The van der Waals surface area contributed by atoms with Crippen molar-refractivity contribution in [3.8, 4) is 0 Å². The summed E-state index contributed by atoms with van der Waals surface area (Å²) in [6.45, 7) is 9.70. The second kappa shape index (κ2) is 5.48. The largest absolute Gasteiger partial charge is 0.123 e. The Bertz CT molecular complexity index is 173. The predicted octanol–water partition coefficient (Wildman–Crippen LogP) is 4.78. The van der Waals surface area contributed by atoms with Gasteiger partial charge in [0.15, 0.2) is 0 Å². The van der Waals surface area contributed by atoms with Gasteiger partial charge in [0.1, 0.15) is 0 Å². The Morgan fingerprint density at radius 3 is 2.23 bits per heavy atom.